The van der Waals surface area contributed by atoms with Crippen LogP contribution in [0.4, 0.5) is 0 Å². The highest BCUT2D eigenvalue weighted by Gasteiger charge is 2.12. The van der Waals surface area contributed by atoms with Gasteiger partial charge in [-0.25, -0.2) is 4.79 Å². The fourth-order valence-corrected chi connectivity index (χ4v) is 1.11. The highest BCUT2D eigenvalue weighted by molar-refractivity contribution is 5.89. The van der Waals surface area contributed by atoms with Crippen molar-refractivity contribution in [2.24, 2.45) is 0 Å². The Kier molecular flexibility index (Phi) is 4.75. The van der Waals surface area contributed by atoms with Crippen LogP contribution in [0.3, 0.4) is 0 Å². The van der Waals surface area contributed by atoms with E-state index in [1.54, 1.807) is 0 Å². The molecule has 1 aromatic carbocycles. The molecule has 0 aliphatic heterocycles. The summed E-state index contributed by atoms with van der Waals surface area (Å²) in [7, 11) is 0. The molecule has 0 aliphatic carbocycles. The molecule has 5 heteroatoms. The maximum atomic E-state index is 11.4. The van der Waals surface area contributed by atoms with Crippen molar-refractivity contribution < 1.29 is 24.9 Å². The molecular formula is C11H14O5. The van der Waals surface area contributed by atoms with E-state index in [4.69, 9.17) is 14.9 Å². The number of esters is 1. The zero-order valence-corrected chi connectivity index (χ0v) is 8.67. The molecule has 16 heavy (non-hydrogen) atoms. The summed E-state index contributed by atoms with van der Waals surface area (Å²) in [6.45, 7) is -0.0617. The predicted molar refractivity (Wildman–Crippen MR) is 55.8 cm³/mol. The van der Waals surface area contributed by atoms with E-state index in [-0.39, 0.29) is 24.3 Å². The molecule has 0 fully saturated rings. The van der Waals surface area contributed by atoms with Gasteiger partial charge >= 0.3 is 5.97 Å². The summed E-state index contributed by atoms with van der Waals surface area (Å²) in [5, 5.41) is 26.8. The van der Waals surface area contributed by atoms with Gasteiger partial charge in [0, 0.05) is 13.0 Å². The number of ether oxygens (including phenoxy) is 1. The lowest BCUT2D eigenvalue weighted by Gasteiger charge is -2.11. The van der Waals surface area contributed by atoms with Gasteiger partial charge in [0.1, 0.15) is 5.75 Å². The van der Waals surface area contributed by atoms with Gasteiger partial charge in [0.25, 0.3) is 0 Å². The summed E-state index contributed by atoms with van der Waals surface area (Å²) in [6, 6.07) is 5.51. The summed E-state index contributed by atoms with van der Waals surface area (Å²) in [4.78, 5) is 11.4. The van der Waals surface area contributed by atoms with Crippen molar-refractivity contribution in [3.8, 4) is 5.75 Å². The SMILES string of the molecule is O=C(OC(O)CCCO)c1ccc(O)cc1. The largest absolute Gasteiger partial charge is 0.508 e. The molecule has 1 aromatic rings. The monoisotopic (exact) mass is 226 g/mol. The highest BCUT2D eigenvalue weighted by atomic mass is 16.6. The third kappa shape index (κ3) is 3.88. The third-order valence-electron chi connectivity index (χ3n) is 1.96. The molecule has 0 heterocycles. The average Bonchev–Trinajstić information content (AvgIpc) is 2.27. The van der Waals surface area contributed by atoms with Gasteiger partial charge in [0.15, 0.2) is 0 Å². The van der Waals surface area contributed by atoms with Gasteiger partial charge in [0.05, 0.1) is 5.56 Å². The zero-order valence-electron chi connectivity index (χ0n) is 8.67. The Labute approximate surface area is 92.9 Å². The topological polar surface area (TPSA) is 87.0 Å². The number of aliphatic hydroxyl groups is 2. The smallest absolute Gasteiger partial charge is 0.340 e. The summed E-state index contributed by atoms with van der Waals surface area (Å²) in [5.74, 6) is -0.609. The Hall–Kier alpha value is -1.59. The molecule has 0 bridgehead atoms. The second-order valence-corrected chi connectivity index (χ2v) is 3.27. The molecule has 0 spiro atoms. The van der Waals surface area contributed by atoms with Crippen LogP contribution in [0.15, 0.2) is 24.3 Å². The van der Waals surface area contributed by atoms with E-state index in [9.17, 15) is 9.90 Å². The van der Waals surface area contributed by atoms with E-state index in [0.29, 0.717) is 6.42 Å². The number of hydrogen-bond acceptors (Lipinski definition) is 5. The number of phenols is 1. The fourth-order valence-electron chi connectivity index (χ4n) is 1.11. The Morgan fingerprint density at radius 3 is 2.50 bits per heavy atom. The number of carbonyl (C=O) groups excluding carboxylic acids is 1. The van der Waals surface area contributed by atoms with Crippen LogP contribution in [0.1, 0.15) is 23.2 Å². The van der Waals surface area contributed by atoms with Crippen LogP contribution in [0.2, 0.25) is 0 Å². The van der Waals surface area contributed by atoms with E-state index >= 15 is 0 Å². The first kappa shape index (κ1) is 12.5. The minimum Gasteiger partial charge on any atom is -0.508 e. The van der Waals surface area contributed by atoms with Gasteiger partial charge in [0.2, 0.25) is 6.29 Å². The van der Waals surface area contributed by atoms with E-state index < -0.39 is 12.3 Å². The van der Waals surface area contributed by atoms with Crippen molar-refractivity contribution in [2.75, 3.05) is 6.61 Å². The van der Waals surface area contributed by atoms with E-state index in [2.05, 4.69) is 0 Å². The predicted octanol–water partition coefficient (Wildman–Crippen LogP) is 0.640. The van der Waals surface area contributed by atoms with Gasteiger partial charge in [-0.05, 0) is 30.7 Å². The van der Waals surface area contributed by atoms with Gasteiger partial charge in [-0.3, -0.25) is 0 Å². The first-order valence-corrected chi connectivity index (χ1v) is 4.92. The Bertz CT molecular complexity index is 333. The highest BCUT2D eigenvalue weighted by Crippen LogP contribution is 2.11. The minimum atomic E-state index is -1.21. The number of rotatable bonds is 5. The standard InChI is InChI=1S/C11H14O5/c12-7-1-2-10(14)16-11(15)8-3-5-9(13)6-4-8/h3-6,10,12-14H,1-2,7H2. The molecule has 0 radical (unpaired) electrons. The molecule has 0 saturated heterocycles. The van der Waals surface area contributed by atoms with Gasteiger partial charge < -0.3 is 20.1 Å². The lowest BCUT2D eigenvalue weighted by atomic mass is 10.2. The van der Waals surface area contributed by atoms with Crippen molar-refractivity contribution in [3.63, 3.8) is 0 Å². The molecule has 1 atom stereocenters. The zero-order chi connectivity index (χ0) is 12.0. The first-order chi connectivity index (χ1) is 7.63. The molecule has 1 unspecified atom stereocenters. The van der Waals surface area contributed by atoms with Crippen molar-refractivity contribution in [2.45, 2.75) is 19.1 Å². The summed E-state index contributed by atoms with van der Waals surface area (Å²) < 4.78 is 4.70. The third-order valence-corrected chi connectivity index (χ3v) is 1.96. The van der Waals surface area contributed by atoms with Crippen molar-refractivity contribution in [3.05, 3.63) is 29.8 Å². The number of benzene rings is 1. The van der Waals surface area contributed by atoms with Crippen LogP contribution < -0.4 is 0 Å². The second kappa shape index (κ2) is 6.09. The molecule has 1 rings (SSSR count). The summed E-state index contributed by atoms with van der Waals surface area (Å²) in [6.07, 6.45) is -0.655. The maximum Gasteiger partial charge on any atom is 0.340 e. The van der Waals surface area contributed by atoms with Gasteiger partial charge in [-0.2, -0.15) is 0 Å². The fraction of sp³-hybridized carbons (Fsp3) is 0.364. The van der Waals surface area contributed by atoms with Crippen molar-refractivity contribution in [1.29, 1.82) is 0 Å². The normalized spacial score (nSPS) is 12.1. The van der Waals surface area contributed by atoms with Crippen LogP contribution in [0, 0.1) is 0 Å². The van der Waals surface area contributed by atoms with Crippen LogP contribution in [0.5, 0.6) is 5.75 Å². The van der Waals surface area contributed by atoms with Crippen LogP contribution in [-0.2, 0) is 4.74 Å². The van der Waals surface area contributed by atoms with Crippen LogP contribution in [-0.4, -0.2) is 34.2 Å². The Morgan fingerprint density at radius 1 is 1.31 bits per heavy atom. The molecule has 0 saturated carbocycles. The molecule has 3 N–H and O–H groups in total. The van der Waals surface area contributed by atoms with E-state index in [0.717, 1.165) is 0 Å². The first-order valence-electron chi connectivity index (χ1n) is 4.92. The van der Waals surface area contributed by atoms with Crippen molar-refractivity contribution >= 4 is 5.97 Å². The van der Waals surface area contributed by atoms with Gasteiger partial charge in [-0.1, -0.05) is 0 Å². The van der Waals surface area contributed by atoms with Crippen molar-refractivity contribution in [1.82, 2.24) is 0 Å². The molecule has 88 valence electrons. The van der Waals surface area contributed by atoms with Crippen LogP contribution in [0.25, 0.3) is 0 Å². The van der Waals surface area contributed by atoms with Gasteiger partial charge in [-0.15, -0.1) is 0 Å². The number of aliphatic hydroxyl groups excluding tert-OH is 2. The molecular weight excluding hydrogens is 212 g/mol. The molecule has 0 amide bonds. The average molecular weight is 226 g/mol. The quantitative estimate of drug-likeness (QED) is 0.506. The van der Waals surface area contributed by atoms with Crippen LogP contribution >= 0.6 is 0 Å². The Balaban J connectivity index is 2.48. The number of hydrogen-bond donors (Lipinski definition) is 3. The van der Waals surface area contributed by atoms with E-state index in [1.165, 1.54) is 24.3 Å². The maximum absolute atomic E-state index is 11.4. The summed E-state index contributed by atoms with van der Waals surface area (Å²) >= 11 is 0. The molecule has 5 nitrogen and oxygen atoms in total. The lowest BCUT2D eigenvalue weighted by molar-refractivity contribution is -0.0706. The lowest BCUT2D eigenvalue weighted by Crippen LogP contribution is -2.18. The second-order valence-electron chi connectivity index (χ2n) is 3.27. The molecule has 0 aliphatic rings. The Morgan fingerprint density at radius 2 is 1.94 bits per heavy atom. The minimum absolute atomic E-state index is 0.0531. The number of aromatic hydroxyl groups is 1. The van der Waals surface area contributed by atoms with E-state index in [1.807, 2.05) is 0 Å². The number of phenolic OH excluding ortho intramolecular Hbond substituents is 1. The molecule has 0 aromatic heterocycles. The summed E-state index contributed by atoms with van der Waals surface area (Å²) in [5.41, 5.74) is 0.251. The number of carbonyl (C=O) groups is 1.